The van der Waals surface area contributed by atoms with Crippen LogP contribution in [0, 0.1) is 12.7 Å². The zero-order valence-corrected chi connectivity index (χ0v) is 12.3. The molecule has 1 aliphatic heterocycles. The average molecular weight is 318 g/mol. The van der Waals surface area contributed by atoms with Crippen molar-refractivity contribution in [1.82, 2.24) is 0 Å². The van der Waals surface area contributed by atoms with Gasteiger partial charge in [-0.3, -0.25) is 4.79 Å². The van der Waals surface area contributed by atoms with Gasteiger partial charge in [0.15, 0.2) is 0 Å². The molecule has 6 heteroatoms. The molecule has 0 aromatic heterocycles. The number of carbonyl (C=O) groups is 1. The number of benzene rings is 1. The van der Waals surface area contributed by atoms with Gasteiger partial charge in [0.05, 0.1) is 0 Å². The minimum Gasteiger partial charge on any atom is -0.850 e. The zero-order valence-electron chi connectivity index (χ0n) is 10.7. The van der Waals surface area contributed by atoms with Crippen LogP contribution >= 0.6 is 15.9 Å². The van der Waals surface area contributed by atoms with Gasteiger partial charge in [-0.2, -0.15) is 17.7 Å². The Morgan fingerprint density at radius 1 is 1.53 bits per heavy atom. The summed E-state index contributed by atoms with van der Waals surface area (Å²) in [6.07, 6.45) is 3.72. The number of ether oxygens (including phenoxy) is 1. The molecule has 0 unspecified atom stereocenters. The Kier molecular flexibility index (Phi) is 9.89. The summed E-state index contributed by atoms with van der Waals surface area (Å²) >= 11 is 3.14. The number of halogens is 1. The second-order valence-corrected chi connectivity index (χ2v) is 4.52. The molecule has 98 valence electrons. The number of hydrogen-bond donors (Lipinski definition) is 1. The standard InChI is InChI=1S/C8H4BrNO2.C5H9O.Li/c9-6-3-1-2-5(4-6)7(10)8(11)12;1-2-4-6-5-3-1;/h1,3-4H,(H,11,12);4H,1-3,5H2;/q-2;-1;+1. The maximum Gasteiger partial charge on any atom is 1.00 e. The molecule has 0 bridgehead atoms. The van der Waals surface area contributed by atoms with Crippen LogP contribution in [0.5, 0.6) is 0 Å². The Labute approximate surface area is 133 Å². The molecule has 0 spiro atoms. The number of aliphatic carboxylic acids is 1. The predicted octanol–water partition coefficient (Wildman–Crippen LogP) is 0.0451. The van der Waals surface area contributed by atoms with Crippen molar-refractivity contribution in [1.29, 1.82) is 0 Å². The van der Waals surface area contributed by atoms with E-state index in [1.807, 2.05) is 6.61 Å². The van der Waals surface area contributed by atoms with Crippen LogP contribution in [0.4, 0.5) is 0 Å². The molecule has 1 aliphatic rings. The van der Waals surface area contributed by atoms with Crippen LogP contribution in [0.3, 0.4) is 0 Å². The molecule has 1 aromatic carbocycles. The number of rotatable bonds is 2. The summed E-state index contributed by atoms with van der Waals surface area (Å²) in [4.78, 5) is 10.3. The van der Waals surface area contributed by atoms with E-state index in [2.05, 4.69) is 22.0 Å². The van der Waals surface area contributed by atoms with E-state index in [1.165, 1.54) is 25.0 Å². The quantitative estimate of drug-likeness (QED) is 0.476. The molecule has 0 saturated carbocycles. The molecule has 1 heterocycles. The number of hydrogen-bond acceptors (Lipinski definition) is 2. The molecular formula is C13H13BrLiNO3-2. The first-order valence-electron chi connectivity index (χ1n) is 5.51. The molecule has 1 fully saturated rings. The first-order chi connectivity index (χ1) is 8.61. The average Bonchev–Trinajstić information content (AvgIpc) is 2.40. The van der Waals surface area contributed by atoms with Gasteiger partial charge in [-0.15, -0.1) is 24.3 Å². The van der Waals surface area contributed by atoms with Crippen molar-refractivity contribution >= 4 is 27.6 Å². The number of carboxylic acid groups (broad SMARTS) is 1. The molecule has 1 aromatic rings. The summed E-state index contributed by atoms with van der Waals surface area (Å²) < 4.78 is 5.64. The van der Waals surface area contributed by atoms with E-state index in [0.29, 0.717) is 4.47 Å². The van der Waals surface area contributed by atoms with Crippen molar-refractivity contribution in [3.8, 4) is 0 Å². The maximum atomic E-state index is 10.3. The third kappa shape index (κ3) is 7.53. The van der Waals surface area contributed by atoms with E-state index in [0.717, 1.165) is 13.0 Å². The Bertz CT molecular complexity index is 411. The van der Waals surface area contributed by atoms with Gasteiger partial charge < -0.3 is 15.3 Å². The van der Waals surface area contributed by atoms with Crippen LogP contribution in [0.1, 0.15) is 24.8 Å². The molecule has 0 radical (unpaired) electrons. The Morgan fingerprint density at radius 3 is 2.63 bits per heavy atom. The van der Waals surface area contributed by atoms with Crippen LogP contribution in [0.2, 0.25) is 0 Å². The second-order valence-electron chi connectivity index (χ2n) is 3.61. The monoisotopic (exact) mass is 317 g/mol. The van der Waals surface area contributed by atoms with Gasteiger partial charge in [-0.05, 0) is 6.42 Å². The second kappa shape index (κ2) is 10.2. The topological polar surface area (TPSA) is 68.8 Å². The molecule has 1 N–H and O–H groups in total. The SMILES string of the molecule is [CH-]1CCCCO1.[Li+].[N-]=C(C(=O)O)c1[c-]ccc(Br)c1. The summed E-state index contributed by atoms with van der Waals surface area (Å²) in [5, 5.41) is 17.4. The van der Waals surface area contributed by atoms with Gasteiger partial charge in [0.25, 0.3) is 5.97 Å². The van der Waals surface area contributed by atoms with E-state index in [1.54, 1.807) is 6.07 Å². The van der Waals surface area contributed by atoms with Gasteiger partial charge >= 0.3 is 18.9 Å². The predicted molar refractivity (Wildman–Crippen MR) is 72.2 cm³/mol. The molecule has 2 rings (SSSR count). The van der Waals surface area contributed by atoms with E-state index in [9.17, 15) is 4.79 Å². The van der Waals surface area contributed by atoms with Gasteiger partial charge in [-0.1, -0.05) is 26.8 Å². The summed E-state index contributed by atoms with van der Waals surface area (Å²) in [5.41, 5.74) is -0.534. The molecule has 0 aliphatic carbocycles. The van der Waals surface area contributed by atoms with Crippen molar-refractivity contribution in [3.05, 3.63) is 46.3 Å². The minimum absolute atomic E-state index is 0. The van der Waals surface area contributed by atoms with Gasteiger partial charge in [-0.25, -0.2) is 6.61 Å². The van der Waals surface area contributed by atoms with Crippen molar-refractivity contribution in [2.75, 3.05) is 6.61 Å². The molecule has 0 amide bonds. The largest absolute Gasteiger partial charge is 1.00 e. The Morgan fingerprint density at radius 2 is 2.26 bits per heavy atom. The van der Waals surface area contributed by atoms with Gasteiger partial charge in [0.2, 0.25) is 0 Å². The van der Waals surface area contributed by atoms with E-state index >= 15 is 0 Å². The zero-order chi connectivity index (χ0) is 13.4. The van der Waals surface area contributed by atoms with Crippen molar-refractivity contribution in [2.45, 2.75) is 19.3 Å². The molecule has 19 heavy (non-hydrogen) atoms. The fourth-order valence-electron chi connectivity index (χ4n) is 1.27. The van der Waals surface area contributed by atoms with Crippen molar-refractivity contribution < 1.29 is 33.5 Å². The van der Waals surface area contributed by atoms with Gasteiger partial charge in [0.1, 0.15) is 0 Å². The summed E-state index contributed by atoms with van der Waals surface area (Å²) in [5.74, 6) is -1.36. The van der Waals surface area contributed by atoms with Crippen LogP contribution in [-0.4, -0.2) is 23.4 Å². The van der Waals surface area contributed by atoms with E-state index in [4.69, 9.17) is 15.3 Å². The molecule has 1 saturated heterocycles. The Hall–Kier alpha value is -0.603. The third-order valence-electron chi connectivity index (χ3n) is 2.17. The summed E-state index contributed by atoms with van der Waals surface area (Å²) in [7, 11) is 0. The Balaban J connectivity index is 0.000000392. The summed E-state index contributed by atoms with van der Waals surface area (Å²) in [6.45, 7) is 2.84. The number of carboxylic acids is 1. The van der Waals surface area contributed by atoms with Crippen LogP contribution in [0.25, 0.3) is 5.41 Å². The van der Waals surface area contributed by atoms with Crippen LogP contribution < -0.4 is 18.9 Å². The maximum absolute atomic E-state index is 10.3. The molecule has 0 atom stereocenters. The third-order valence-corrected chi connectivity index (χ3v) is 2.67. The fraction of sp³-hybridized carbons (Fsp3) is 0.308. The van der Waals surface area contributed by atoms with Crippen molar-refractivity contribution in [2.24, 2.45) is 0 Å². The minimum atomic E-state index is -1.36. The van der Waals surface area contributed by atoms with E-state index < -0.39 is 11.7 Å². The normalized spacial score (nSPS) is 13.5. The summed E-state index contributed by atoms with van der Waals surface area (Å²) in [6, 6.07) is 7.29. The number of nitrogens with zero attached hydrogens (tertiary/aromatic N) is 1. The van der Waals surface area contributed by atoms with Gasteiger partial charge in [0, 0.05) is 6.61 Å². The van der Waals surface area contributed by atoms with Crippen LogP contribution in [-0.2, 0) is 9.53 Å². The first-order valence-corrected chi connectivity index (χ1v) is 6.30. The van der Waals surface area contributed by atoms with E-state index in [-0.39, 0.29) is 24.4 Å². The molecular weight excluding hydrogens is 305 g/mol. The van der Waals surface area contributed by atoms with Crippen LogP contribution in [0.15, 0.2) is 22.7 Å². The fourth-order valence-corrected chi connectivity index (χ4v) is 1.63. The first kappa shape index (κ1) is 18.4. The molecule has 4 nitrogen and oxygen atoms in total. The smallest absolute Gasteiger partial charge is 0.850 e. The van der Waals surface area contributed by atoms with Crippen molar-refractivity contribution in [3.63, 3.8) is 0 Å².